The first-order valence-corrected chi connectivity index (χ1v) is 11.2. The van der Waals surface area contributed by atoms with Gasteiger partial charge in [-0.1, -0.05) is 24.6 Å². The highest BCUT2D eigenvalue weighted by atomic mass is 35.5. The van der Waals surface area contributed by atoms with Crippen molar-refractivity contribution >= 4 is 22.4 Å². The van der Waals surface area contributed by atoms with E-state index in [1.807, 2.05) is 25.1 Å². The van der Waals surface area contributed by atoms with Crippen LogP contribution >= 0.6 is 11.6 Å². The van der Waals surface area contributed by atoms with Gasteiger partial charge in [-0.2, -0.15) is 0 Å². The number of hydrogen-bond acceptors (Lipinski definition) is 3. The molecule has 0 saturated heterocycles. The molecular formula is C25H28ClFN2O2. The average Bonchev–Trinajstić information content (AvgIpc) is 2.75. The van der Waals surface area contributed by atoms with Crippen LogP contribution in [0.1, 0.15) is 50.2 Å². The number of pyridine rings is 1. The molecule has 0 spiro atoms. The third kappa shape index (κ3) is 4.09. The highest BCUT2D eigenvalue weighted by molar-refractivity contribution is 6.32. The lowest BCUT2D eigenvalue weighted by atomic mass is 9.63. The Labute approximate surface area is 186 Å². The zero-order valence-electron chi connectivity index (χ0n) is 17.9. The minimum Gasteiger partial charge on any atom is -0.489 e. The Morgan fingerprint density at radius 3 is 2.68 bits per heavy atom. The first kappa shape index (κ1) is 21.8. The number of fused-ring (bicyclic) bond motifs is 1. The molecule has 1 fully saturated rings. The van der Waals surface area contributed by atoms with Gasteiger partial charge in [0.15, 0.2) is 0 Å². The molecule has 31 heavy (non-hydrogen) atoms. The molecule has 4 nitrogen and oxygen atoms in total. The van der Waals surface area contributed by atoms with Crippen LogP contribution in [0.5, 0.6) is 5.75 Å². The maximum absolute atomic E-state index is 13.7. The van der Waals surface area contributed by atoms with E-state index >= 15 is 0 Å². The summed E-state index contributed by atoms with van der Waals surface area (Å²) >= 11 is 6.42. The fourth-order valence-corrected chi connectivity index (χ4v) is 5.31. The molecule has 1 saturated carbocycles. The number of aromatic amines is 1. The lowest BCUT2D eigenvalue weighted by Gasteiger charge is -2.45. The summed E-state index contributed by atoms with van der Waals surface area (Å²) in [6.45, 7) is 4.06. The monoisotopic (exact) mass is 442 g/mol. The fraction of sp³-hybridized carbons (Fsp3) is 0.400. The molecule has 0 aliphatic heterocycles. The van der Waals surface area contributed by atoms with Gasteiger partial charge < -0.3 is 15.5 Å². The second kappa shape index (κ2) is 8.64. The van der Waals surface area contributed by atoms with E-state index < -0.39 is 0 Å². The quantitative estimate of drug-likeness (QED) is 0.538. The van der Waals surface area contributed by atoms with Crippen LogP contribution in [0.4, 0.5) is 4.39 Å². The minimum atomic E-state index is -0.219. The van der Waals surface area contributed by atoms with Gasteiger partial charge in [-0.05, 0) is 85.9 Å². The summed E-state index contributed by atoms with van der Waals surface area (Å²) in [6.07, 6.45) is 5.87. The number of nitrogens with one attached hydrogen (secondary N) is 1. The second-order valence-corrected chi connectivity index (χ2v) is 9.03. The molecule has 1 aliphatic carbocycles. The van der Waals surface area contributed by atoms with E-state index in [2.05, 4.69) is 11.9 Å². The van der Waals surface area contributed by atoms with Gasteiger partial charge in [-0.25, -0.2) is 4.39 Å². The maximum Gasteiger partial charge on any atom is 0.255 e. The Morgan fingerprint density at radius 2 is 2.00 bits per heavy atom. The number of rotatable bonds is 5. The Balaban J connectivity index is 1.57. The molecule has 3 N–H and O–H groups in total. The normalized spacial score (nSPS) is 22.4. The predicted octanol–water partition coefficient (Wildman–Crippen LogP) is 5.63. The topological polar surface area (TPSA) is 68.1 Å². The maximum atomic E-state index is 13.7. The van der Waals surface area contributed by atoms with Crippen molar-refractivity contribution in [1.82, 2.24) is 4.98 Å². The molecule has 1 aromatic heterocycles. The van der Waals surface area contributed by atoms with Gasteiger partial charge in [-0.3, -0.25) is 4.79 Å². The van der Waals surface area contributed by atoms with E-state index in [1.54, 1.807) is 18.3 Å². The number of hydrogen-bond donors (Lipinski definition) is 2. The fourth-order valence-electron chi connectivity index (χ4n) is 5.10. The van der Waals surface area contributed by atoms with Crippen molar-refractivity contribution in [3.63, 3.8) is 0 Å². The molecule has 164 valence electrons. The van der Waals surface area contributed by atoms with Crippen LogP contribution in [0, 0.1) is 12.7 Å². The van der Waals surface area contributed by atoms with E-state index in [0.717, 1.165) is 48.6 Å². The summed E-state index contributed by atoms with van der Waals surface area (Å²) < 4.78 is 20.0. The molecule has 1 heterocycles. The first-order chi connectivity index (χ1) is 14.8. The number of nitrogens with two attached hydrogens (primary N) is 1. The lowest BCUT2D eigenvalue weighted by molar-refractivity contribution is 0.103. The number of benzene rings is 2. The molecule has 1 atom stereocenters. The van der Waals surface area contributed by atoms with Gasteiger partial charge in [0.25, 0.3) is 5.56 Å². The van der Waals surface area contributed by atoms with Crippen molar-refractivity contribution < 1.29 is 9.13 Å². The van der Waals surface area contributed by atoms with Crippen molar-refractivity contribution in [1.29, 1.82) is 0 Å². The highest BCUT2D eigenvalue weighted by Crippen LogP contribution is 2.45. The van der Waals surface area contributed by atoms with Crippen molar-refractivity contribution in [2.75, 3.05) is 0 Å². The van der Waals surface area contributed by atoms with Gasteiger partial charge in [0.05, 0.1) is 11.1 Å². The van der Waals surface area contributed by atoms with Gasteiger partial charge in [0.2, 0.25) is 0 Å². The molecular weight excluding hydrogens is 415 g/mol. The zero-order valence-corrected chi connectivity index (χ0v) is 18.6. The van der Waals surface area contributed by atoms with Crippen LogP contribution in [0.15, 0.2) is 47.4 Å². The number of H-pyrrole nitrogens is 1. The summed E-state index contributed by atoms with van der Waals surface area (Å²) in [7, 11) is 0. The van der Waals surface area contributed by atoms with Crippen LogP contribution in [0.25, 0.3) is 10.8 Å². The first-order valence-electron chi connectivity index (χ1n) is 10.8. The molecule has 0 radical (unpaired) electrons. The summed E-state index contributed by atoms with van der Waals surface area (Å²) in [5.41, 5.74) is 8.37. The van der Waals surface area contributed by atoms with Gasteiger partial charge in [0, 0.05) is 23.0 Å². The largest absolute Gasteiger partial charge is 0.489 e. The van der Waals surface area contributed by atoms with E-state index in [1.165, 1.54) is 6.07 Å². The van der Waals surface area contributed by atoms with Crippen LogP contribution < -0.4 is 16.0 Å². The van der Waals surface area contributed by atoms with E-state index in [9.17, 15) is 9.18 Å². The average molecular weight is 443 g/mol. The number of ether oxygens (including phenoxy) is 1. The molecule has 0 amide bonds. The second-order valence-electron chi connectivity index (χ2n) is 8.62. The van der Waals surface area contributed by atoms with Crippen LogP contribution in [0.3, 0.4) is 0 Å². The van der Waals surface area contributed by atoms with Crippen molar-refractivity contribution in [2.24, 2.45) is 5.73 Å². The van der Waals surface area contributed by atoms with E-state index in [-0.39, 0.29) is 28.9 Å². The smallest absolute Gasteiger partial charge is 0.255 e. The van der Waals surface area contributed by atoms with Gasteiger partial charge in [-0.15, -0.1) is 0 Å². The number of aryl methyl sites for hydroxylation is 1. The molecule has 3 aromatic rings. The van der Waals surface area contributed by atoms with Crippen LogP contribution in [0.2, 0.25) is 5.02 Å². The van der Waals surface area contributed by atoms with Gasteiger partial charge >= 0.3 is 0 Å². The summed E-state index contributed by atoms with van der Waals surface area (Å²) in [4.78, 5) is 14.6. The standard InChI is InChI=1S/C25H28ClFN2O2/c1-3-23(28)25(20-5-4-17(27)12-15(20)2)9-6-18(7-10-25)31-22-13-16-8-11-29-24(30)19(16)14-21(22)26/h4-5,8,11-14,18,23H,3,6-7,9-10,28H2,1-2H3,(H,29,30)/t18-,23?,25+. The van der Waals surface area contributed by atoms with Crippen LogP contribution in [-0.2, 0) is 5.41 Å². The molecule has 1 aliphatic rings. The van der Waals surface area contributed by atoms with Crippen molar-refractivity contribution in [3.05, 3.63) is 74.9 Å². The summed E-state index contributed by atoms with van der Waals surface area (Å²) in [6, 6.07) is 10.4. The Kier molecular flexibility index (Phi) is 6.09. The minimum absolute atomic E-state index is 0.00593. The molecule has 6 heteroatoms. The van der Waals surface area contributed by atoms with Crippen molar-refractivity contribution in [2.45, 2.75) is 63.5 Å². The third-order valence-corrected chi connectivity index (χ3v) is 7.11. The summed E-state index contributed by atoms with van der Waals surface area (Å²) in [5.74, 6) is 0.373. The molecule has 0 bridgehead atoms. The van der Waals surface area contributed by atoms with E-state index in [4.69, 9.17) is 22.1 Å². The zero-order chi connectivity index (χ0) is 22.2. The molecule has 2 aromatic carbocycles. The summed E-state index contributed by atoms with van der Waals surface area (Å²) in [5, 5.41) is 1.77. The van der Waals surface area contributed by atoms with Gasteiger partial charge in [0.1, 0.15) is 11.6 Å². The van der Waals surface area contributed by atoms with Crippen LogP contribution in [-0.4, -0.2) is 17.1 Å². The third-order valence-electron chi connectivity index (χ3n) is 6.82. The Hall–Kier alpha value is -2.37. The number of halogens is 2. The Bertz CT molecular complexity index is 1150. The Morgan fingerprint density at radius 1 is 1.26 bits per heavy atom. The van der Waals surface area contributed by atoms with E-state index in [0.29, 0.717) is 16.2 Å². The molecule has 1 unspecified atom stereocenters. The lowest BCUT2D eigenvalue weighted by Crippen LogP contribution is -2.49. The van der Waals surface area contributed by atoms with Crippen molar-refractivity contribution in [3.8, 4) is 5.75 Å². The highest BCUT2D eigenvalue weighted by Gasteiger charge is 2.42. The predicted molar refractivity (Wildman–Crippen MR) is 124 cm³/mol. The molecule has 4 rings (SSSR count). The number of aromatic nitrogens is 1. The SMILES string of the molecule is CCC(N)[C@]1(c2ccc(F)cc2C)CC[C@H](Oc2cc3cc[nH]c(=O)c3cc2Cl)CC1.